The summed E-state index contributed by atoms with van der Waals surface area (Å²) in [6, 6.07) is 66.2. The van der Waals surface area contributed by atoms with Crippen molar-refractivity contribution in [1.82, 2.24) is 0 Å². The molecule has 0 aliphatic carbocycles. The molecule has 2 aromatic heterocycles. The topological polar surface area (TPSA) is 29.5 Å². The van der Waals surface area contributed by atoms with Gasteiger partial charge < -0.3 is 13.7 Å². The molecule has 0 fully saturated rings. The van der Waals surface area contributed by atoms with Crippen molar-refractivity contribution >= 4 is 60.9 Å². The highest BCUT2D eigenvalue weighted by Crippen LogP contribution is 2.42. The Labute approximate surface area is 295 Å². The fourth-order valence-corrected chi connectivity index (χ4v) is 7.30. The molecule has 2 heterocycles. The highest BCUT2D eigenvalue weighted by Gasteiger charge is 2.18. The molecular formula is C48H31NO2. The summed E-state index contributed by atoms with van der Waals surface area (Å²) in [7, 11) is 0. The van der Waals surface area contributed by atoms with E-state index in [4.69, 9.17) is 8.83 Å². The average molecular weight is 654 g/mol. The normalized spacial score (nSPS) is 11.5. The van der Waals surface area contributed by atoms with Gasteiger partial charge in [-0.2, -0.15) is 0 Å². The lowest BCUT2D eigenvalue weighted by atomic mass is 10.0. The third kappa shape index (κ3) is 5.15. The molecule has 240 valence electrons. The van der Waals surface area contributed by atoms with Gasteiger partial charge >= 0.3 is 0 Å². The van der Waals surface area contributed by atoms with E-state index in [9.17, 15) is 0 Å². The van der Waals surface area contributed by atoms with E-state index in [1.165, 1.54) is 27.8 Å². The summed E-state index contributed by atoms with van der Waals surface area (Å²) in [5.74, 6) is 0. The van der Waals surface area contributed by atoms with Crippen molar-refractivity contribution in [2.45, 2.75) is 0 Å². The summed E-state index contributed by atoms with van der Waals surface area (Å²) < 4.78 is 13.0. The van der Waals surface area contributed by atoms with E-state index in [1.807, 2.05) is 18.2 Å². The minimum atomic E-state index is 0.830. The molecular weight excluding hydrogens is 623 g/mol. The Morgan fingerprint density at radius 2 is 0.647 bits per heavy atom. The summed E-state index contributed by atoms with van der Waals surface area (Å²) in [4.78, 5) is 2.29. The van der Waals surface area contributed by atoms with Crippen LogP contribution in [0.15, 0.2) is 197 Å². The Morgan fingerprint density at radius 3 is 1.20 bits per heavy atom. The molecule has 0 aliphatic rings. The Bertz CT molecular complexity index is 2730. The van der Waals surface area contributed by atoms with Gasteiger partial charge in [0, 0.05) is 44.7 Å². The molecule has 0 N–H and O–H groups in total. The fraction of sp³-hybridized carbons (Fsp3) is 0. The Morgan fingerprint density at radius 1 is 0.255 bits per heavy atom. The van der Waals surface area contributed by atoms with Crippen LogP contribution < -0.4 is 4.90 Å². The number of anilines is 3. The first-order chi connectivity index (χ1) is 25.2. The maximum atomic E-state index is 6.64. The smallest absolute Gasteiger partial charge is 0.137 e. The zero-order valence-electron chi connectivity index (χ0n) is 27.7. The summed E-state index contributed by atoms with van der Waals surface area (Å²) >= 11 is 0. The van der Waals surface area contributed by atoms with Gasteiger partial charge in [-0.15, -0.1) is 0 Å². The van der Waals surface area contributed by atoms with Gasteiger partial charge in [0.25, 0.3) is 0 Å². The van der Waals surface area contributed by atoms with Gasteiger partial charge in [0.15, 0.2) is 0 Å². The van der Waals surface area contributed by atoms with Crippen molar-refractivity contribution in [1.29, 1.82) is 0 Å². The maximum Gasteiger partial charge on any atom is 0.137 e. The standard InChI is InChI=1S/C48H31NO2/c1-4-10-32(11-5-1)35-16-21-38(22-17-35)49(39-23-18-36(19-24-39)33-12-6-2-7-13-33)40-25-26-41-43-30-48-44(31-47(43)51-46(41)29-40)42-28-37(20-27-45(42)50-48)34-14-8-3-9-15-34/h1-31H. The second kappa shape index (κ2) is 11.9. The van der Waals surface area contributed by atoms with Gasteiger partial charge in [-0.05, 0) is 94.0 Å². The zero-order valence-corrected chi connectivity index (χ0v) is 27.7. The lowest BCUT2D eigenvalue weighted by molar-refractivity contribution is 0.664. The fourth-order valence-electron chi connectivity index (χ4n) is 7.30. The first-order valence-corrected chi connectivity index (χ1v) is 17.2. The van der Waals surface area contributed by atoms with Crippen LogP contribution >= 0.6 is 0 Å². The van der Waals surface area contributed by atoms with Gasteiger partial charge in [0.05, 0.1) is 0 Å². The molecule has 0 bridgehead atoms. The molecule has 0 radical (unpaired) electrons. The highest BCUT2D eigenvalue weighted by atomic mass is 16.3. The lowest BCUT2D eigenvalue weighted by Crippen LogP contribution is -2.09. The minimum absolute atomic E-state index is 0.830. The summed E-state index contributed by atoms with van der Waals surface area (Å²) in [5, 5.41) is 4.23. The number of hydrogen-bond acceptors (Lipinski definition) is 3. The second-order valence-electron chi connectivity index (χ2n) is 13.0. The van der Waals surface area contributed by atoms with Crippen LogP contribution in [0.25, 0.3) is 77.3 Å². The molecule has 0 spiro atoms. The van der Waals surface area contributed by atoms with E-state index in [0.717, 1.165) is 66.5 Å². The van der Waals surface area contributed by atoms with Crippen LogP contribution in [-0.2, 0) is 0 Å². The van der Waals surface area contributed by atoms with Crippen molar-refractivity contribution in [3.63, 3.8) is 0 Å². The van der Waals surface area contributed by atoms with Crippen LogP contribution in [0.2, 0.25) is 0 Å². The molecule has 3 heteroatoms. The van der Waals surface area contributed by atoms with Crippen molar-refractivity contribution in [3.05, 3.63) is 188 Å². The molecule has 0 atom stereocenters. The predicted octanol–water partition coefficient (Wildman–Crippen LogP) is 14.0. The molecule has 8 aromatic carbocycles. The SMILES string of the molecule is c1ccc(-c2ccc(N(c3ccc(-c4ccccc4)cc3)c3ccc4c(c3)oc3cc5c(cc34)oc3ccc(-c4ccccc4)cc35)cc2)cc1. The van der Waals surface area contributed by atoms with E-state index < -0.39 is 0 Å². The predicted molar refractivity (Wildman–Crippen MR) is 212 cm³/mol. The van der Waals surface area contributed by atoms with Crippen LogP contribution in [0.3, 0.4) is 0 Å². The van der Waals surface area contributed by atoms with Crippen molar-refractivity contribution < 1.29 is 8.83 Å². The third-order valence-electron chi connectivity index (χ3n) is 9.88. The maximum absolute atomic E-state index is 6.64. The minimum Gasteiger partial charge on any atom is -0.456 e. The quantitative estimate of drug-likeness (QED) is 0.179. The lowest BCUT2D eigenvalue weighted by Gasteiger charge is -2.26. The first-order valence-electron chi connectivity index (χ1n) is 17.2. The number of fused-ring (bicyclic) bond motifs is 6. The Kier molecular flexibility index (Phi) is 6.81. The molecule has 0 saturated heterocycles. The highest BCUT2D eigenvalue weighted by molar-refractivity contribution is 6.15. The summed E-state index contributed by atoms with van der Waals surface area (Å²) in [6.07, 6.45) is 0. The number of rotatable bonds is 6. The van der Waals surface area contributed by atoms with Crippen LogP contribution in [-0.4, -0.2) is 0 Å². The van der Waals surface area contributed by atoms with Gasteiger partial charge in [0.2, 0.25) is 0 Å². The van der Waals surface area contributed by atoms with E-state index in [2.05, 4.69) is 175 Å². The second-order valence-corrected chi connectivity index (χ2v) is 13.0. The van der Waals surface area contributed by atoms with Crippen LogP contribution in [0.5, 0.6) is 0 Å². The van der Waals surface area contributed by atoms with Gasteiger partial charge in [0.1, 0.15) is 22.3 Å². The van der Waals surface area contributed by atoms with E-state index in [-0.39, 0.29) is 0 Å². The molecule has 0 unspecified atom stereocenters. The van der Waals surface area contributed by atoms with Crippen molar-refractivity contribution in [2.24, 2.45) is 0 Å². The van der Waals surface area contributed by atoms with Gasteiger partial charge in [-0.25, -0.2) is 0 Å². The van der Waals surface area contributed by atoms with Crippen molar-refractivity contribution in [2.75, 3.05) is 4.90 Å². The van der Waals surface area contributed by atoms with Crippen LogP contribution in [0.4, 0.5) is 17.1 Å². The number of benzene rings is 8. The summed E-state index contributed by atoms with van der Waals surface area (Å²) in [6.45, 7) is 0. The Balaban J connectivity index is 1.08. The Hall–Kier alpha value is -6.84. The average Bonchev–Trinajstić information content (AvgIpc) is 3.75. The van der Waals surface area contributed by atoms with Gasteiger partial charge in [-0.1, -0.05) is 121 Å². The number of hydrogen-bond donors (Lipinski definition) is 0. The van der Waals surface area contributed by atoms with Crippen molar-refractivity contribution in [3.8, 4) is 33.4 Å². The largest absolute Gasteiger partial charge is 0.456 e. The molecule has 0 saturated carbocycles. The molecule has 10 aromatic rings. The molecule has 0 amide bonds. The van der Waals surface area contributed by atoms with E-state index >= 15 is 0 Å². The molecule has 0 aliphatic heterocycles. The molecule has 3 nitrogen and oxygen atoms in total. The summed E-state index contributed by atoms with van der Waals surface area (Å²) in [5.41, 5.74) is 13.6. The van der Waals surface area contributed by atoms with E-state index in [1.54, 1.807) is 0 Å². The monoisotopic (exact) mass is 653 g/mol. The number of furan rings is 2. The third-order valence-corrected chi connectivity index (χ3v) is 9.88. The number of nitrogens with zero attached hydrogens (tertiary/aromatic N) is 1. The van der Waals surface area contributed by atoms with Crippen LogP contribution in [0.1, 0.15) is 0 Å². The molecule has 10 rings (SSSR count). The first kappa shape index (κ1) is 29.1. The van der Waals surface area contributed by atoms with Crippen LogP contribution in [0, 0.1) is 0 Å². The van der Waals surface area contributed by atoms with E-state index in [0.29, 0.717) is 0 Å². The van der Waals surface area contributed by atoms with Gasteiger partial charge in [-0.3, -0.25) is 0 Å². The molecule has 51 heavy (non-hydrogen) atoms. The zero-order chi connectivity index (χ0) is 33.7.